The summed E-state index contributed by atoms with van der Waals surface area (Å²) in [6.45, 7) is 11.3. The van der Waals surface area contributed by atoms with Gasteiger partial charge >= 0.3 is 0 Å². The maximum atomic E-state index is 5.90. The van der Waals surface area contributed by atoms with Crippen molar-refractivity contribution in [2.75, 3.05) is 11.9 Å². The zero-order chi connectivity index (χ0) is 25.2. The van der Waals surface area contributed by atoms with Gasteiger partial charge in [-0.15, -0.1) is 0 Å². The van der Waals surface area contributed by atoms with E-state index >= 15 is 0 Å². The number of rotatable bonds is 9. The summed E-state index contributed by atoms with van der Waals surface area (Å²) in [5.74, 6) is 0.588. The average Bonchev–Trinajstić information content (AvgIpc) is 2.87. The predicted octanol–water partition coefficient (Wildman–Crippen LogP) is 6.52. The summed E-state index contributed by atoms with van der Waals surface area (Å²) >= 11 is 0. The van der Waals surface area contributed by atoms with Gasteiger partial charge in [0.1, 0.15) is 0 Å². The van der Waals surface area contributed by atoms with Gasteiger partial charge in [0.2, 0.25) is 5.95 Å². The number of nitrogens with two attached hydrogens (primary N) is 1. The van der Waals surface area contributed by atoms with Crippen LogP contribution in [0.2, 0.25) is 0 Å². The molecule has 1 aromatic heterocycles. The van der Waals surface area contributed by atoms with E-state index in [-0.39, 0.29) is 0 Å². The van der Waals surface area contributed by atoms with E-state index in [1.54, 1.807) is 6.20 Å². The Morgan fingerprint density at radius 1 is 0.971 bits per heavy atom. The Morgan fingerprint density at radius 3 is 2.26 bits per heavy atom. The Bertz CT molecular complexity index is 1250. The van der Waals surface area contributed by atoms with Crippen LogP contribution >= 0.6 is 0 Å². The highest BCUT2D eigenvalue weighted by atomic mass is 15.1. The van der Waals surface area contributed by atoms with E-state index in [0.29, 0.717) is 19.0 Å². The number of anilines is 1. The summed E-state index contributed by atoms with van der Waals surface area (Å²) in [4.78, 5) is 14.2. The number of aromatic nitrogens is 2. The lowest BCUT2D eigenvalue weighted by atomic mass is 10.0. The van der Waals surface area contributed by atoms with Crippen LogP contribution in [0.4, 0.5) is 5.95 Å². The Kier molecular flexibility index (Phi) is 9.27. The molecule has 5 heteroatoms. The van der Waals surface area contributed by atoms with Crippen LogP contribution in [-0.2, 0) is 6.54 Å². The third-order valence-electron chi connectivity index (χ3n) is 5.59. The van der Waals surface area contributed by atoms with Crippen LogP contribution in [0.25, 0.3) is 11.3 Å². The van der Waals surface area contributed by atoms with Crippen molar-refractivity contribution in [1.29, 1.82) is 0 Å². The maximum Gasteiger partial charge on any atom is 0.223 e. The molecule has 0 spiro atoms. The molecule has 5 nitrogen and oxygen atoms in total. The Hall–Kier alpha value is -3.83. The largest absolute Gasteiger partial charge is 0.350 e. The van der Waals surface area contributed by atoms with Gasteiger partial charge in [-0.1, -0.05) is 71.8 Å². The number of nitrogens with one attached hydrogen (secondary N) is 1. The van der Waals surface area contributed by atoms with Crippen LogP contribution in [-0.4, -0.2) is 22.2 Å². The highest BCUT2D eigenvalue weighted by molar-refractivity contribution is 6.01. The smallest absolute Gasteiger partial charge is 0.223 e. The molecular weight excluding hydrogens is 430 g/mol. The second-order valence-corrected chi connectivity index (χ2v) is 8.62. The lowest BCUT2D eigenvalue weighted by Crippen LogP contribution is -2.05. The van der Waals surface area contributed by atoms with Gasteiger partial charge < -0.3 is 11.1 Å². The van der Waals surface area contributed by atoms with Crippen molar-refractivity contribution in [3.05, 3.63) is 113 Å². The third kappa shape index (κ3) is 7.59. The first-order chi connectivity index (χ1) is 16.9. The van der Waals surface area contributed by atoms with Crippen LogP contribution < -0.4 is 11.1 Å². The Morgan fingerprint density at radius 2 is 1.63 bits per heavy atom. The summed E-state index contributed by atoms with van der Waals surface area (Å²) in [6, 6.07) is 18.8. The second kappa shape index (κ2) is 12.6. The number of allylic oxidation sites excluding steroid dienone is 3. The van der Waals surface area contributed by atoms with Gasteiger partial charge in [0.15, 0.2) is 0 Å². The molecule has 0 saturated heterocycles. The number of nitrogens with zero attached hydrogens (tertiary/aromatic N) is 3. The van der Waals surface area contributed by atoms with E-state index in [1.807, 2.05) is 38.1 Å². The summed E-state index contributed by atoms with van der Waals surface area (Å²) in [5, 5.41) is 3.34. The topological polar surface area (TPSA) is 76.2 Å². The first kappa shape index (κ1) is 25.8. The minimum atomic E-state index is 0.460. The summed E-state index contributed by atoms with van der Waals surface area (Å²) in [7, 11) is 0. The predicted molar refractivity (Wildman–Crippen MR) is 149 cm³/mol. The highest BCUT2D eigenvalue weighted by Gasteiger charge is 2.10. The van der Waals surface area contributed by atoms with Gasteiger partial charge in [-0.25, -0.2) is 9.97 Å². The molecule has 2 aromatic carbocycles. The average molecular weight is 466 g/mol. The second-order valence-electron chi connectivity index (χ2n) is 8.62. The first-order valence-corrected chi connectivity index (χ1v) is 11.9. The van der Waals surface area contributed by atoms with Gasteiger partial charge in [0.25, 0.3) is 0 Å². The molecule has 0 unspecified atom stereocenters. The molecule has 0 saturated carbocycles. The number of aryl methyl sites for hydroxylation is 2. The molecule has 3 aromatic rings. The van der Waals surface area contributed by atoms with Gasteiger partial charge in [-0.2, -0.15) is 0 Å². The van der Waals surface area contributed by atoms with Gasteiger partial charge in [-0.05, 0) is 57.9 Å². The molecule has 0 aliphatic rings. The number of benzene rings is 2. The number of hydrogen-bond acceptors (Lipinski definition) is 5. The Balaban J connectivity index is 1.98. The zero-order valence-corrected chi connectivity index (χ0v) is 21.3. The molecule has 0 amide bonds. The third-order valence-corrected chi connectivity index (χ3v) is 5.59. The lowest BCUT2D eigenvalue weighted by molar-refractivity contribution is 1.04. The molecule has 0 atom stereocenters. The fraction of sp³-hybridized carbons (Fsp3) is 0.233. The summed E-state index contributed by atoms with van der Waals surface area (Å²) in [6.07, 6.45) is 7.80. The molecule has 3 N–H and O–H groups in total. The van der Waals surface area contributed by atoms with Crippen molar-refractivity contribution in [2.45, 2.75) is 41.2 Å². The van der Waals surface area contributed by atoms with Crippen LogP contribution in [0.3, 0.4) is 0 Å². The highest BCUT2D eigenvalue weighted by Crippen LogP contribution is 2.27. The van der Waals surface area contributed by atoms with Crippen molar-refractivity contribution in [2.24, 2.45) is 10.7 Å². The van der Waals surface area contributed by atoms with Crippen molar-refractivity contribution in [1.82, 2.24) is 9.97 Å². The van der Waals surface area contributed by atoms with Crippen molar-refractivity contribution >= 4 is 22.9 Å². The molecule has 0 fully saturated rings. The quantitative estimate of drug-likeness (QED) is 0.279. The summed E-state index contributed by atoms with van der Waals surface area (Å²) in [5.41, 5.74) is 15.1. The standard InChI is InChI=1S/C30H35N5/c1-6-7-26(19-31)18-23(4)34-29(27-14-10-22(3)11-15-27)24(5)28-16-17-32-30(35-28)33-20-25-12-8-21(2)9-13-25/h6-18H,19-20,31H2,1-5H3,(H,32,33,35)/b7-6-,26-18+,29-24+,34-23+. The van der Waals surface area contributed by atoms with Crippen LogP contribution in [0.5, 0.6) is 0 Å². The Labute approximate surface area is 209 Å². The molecule has 0 bridgehead atoms. The monoisotopic (exact) mass is 465 g/mol. The molecule has 0 aliphatic carbocycles. The minimum Gasteiger partial charge on any atom is -0.350 e. The molecular formula is C30H35N5. The number of aliphatic imine (C=N–C) groups is 1. The molecule has 180 valence electrons. The molecule has 3 rings (SSSR count). The molecule has 0 aliphatic heterocycles. The maximum absolute atomic E-state index is 5.90. The summed E-state index contributed by atoms with van der Waals surface area (Å²) < 4.78 is 0. The van der Waals surface area contributed by atoms with Gasteiger partial charge in [0.05, 0.1) is 11.4 Å². The van der Waals surface area contributed by atoms with E-state index in [1.165, 1.54) is 16.7 Å². The van der Waals surface area contributed by atoms with Gasteiger partial charge in [0, 0.05) is 36.1 Å². The SMILES string of the molecule is C\C=C/C(=C\C(C)=N\C(=C(/C)c1ccnc(NCc2ccc(C)cc2)n1)c1ccc(C)cc1)CN. The van der Waals surface area contributed by atoms with Crippen molar-refractivity contribution in [3.63, 3.8) is 0 Å². The van der Waals surface area contributed by atoms with Crippen molar-refractivity contribution in [3.8, 4) is 0 Å². The van der Waals surface area contributed by atoms with E-state index in [0.717, 1.165) is 33.8 Å². The van der Waals surface area contributed by atoms with Crippen LogP contribution in [0.15, 0.2) is 89.6 Å². The minimum absolute atomic E-state index is 0.460. The lowest BCUT2D eigenvalue weighted by Gasteiger charge is -2.12. The van der Waals surface area contributed by atoms with E-state index < -0.39 is 0 Å². The van der Waals surface area contributed by atoms with Crippen LogP contribution in [0.1, 0.15) is 48.7 Å². The zero-order valence-electron chi connectivity index (χ0n) is 21.3. The van der Waals surface area contributed by atoms with E-state index in [2.05, 4.69) is 79.6 Å². The molecule has 0 radical (unpaired) electrons. The normalized spacial score (nSPS) is 13.2. The molecule has 35 heavy (non-hydrogen) atoms. The molecule has 1 heterocycles. The fourth-order valence-corrected chi connectivity index (χ4v) is 3.60. The first-order valence-electron chi connectivity index (χ1n) is 11.9. The number of hydrogen-bond donors (Lipinski definition) is 2. The van der Waals surface area contributed by atoms with E-state index in [9.17, 15) is 0 Å². The van der Waals surface area contributed by atoms with Gasteiger partial charge in [-0.3, -0.25) is 4.99 Å². The van der Waals surface area contributed by atoms with Crippen molar-refractivity contribution < 1.29 is 0 Å². The fourth-order valence-electron chi connectivity index (χ4n) is 3.60. The van der Waals surface area contributed by atoms with E-state index in [4.69, 9.17) is 15.7 Å². The van der Waals surface area contributed by atoms with Crippen LogP contribution in [0, 0.1) is 13.8 Å².